The maximum absolute atomic E-state index is 11.9. The topological polar surface area (TPSA) is 99.3 Å². The predicted molar refractivity (Wildman–Crippen MR) is 95.7 cm³/mol. The van der Waals surface area contributed by atoms with Gasteiger partial charge >= 0.3 is 5.63 Å². The molecule has 0 spiro atoms. The average Bonchev–Trinajstić information content (AvgIpc) is 3.14. The minimum Gasteiger partial charge on any atom is -0.449 e. The molecule has 0 fully saturated rings. The molecule has 0 aliphatic rings. The van der Waals surface area contributed by atoms with E-state index in [2.05, 4.69) is 4.98 Å². The number of carbonyl (C=O) groups excluding carboxylic acids is 1. The quantitative estimate of drug-likeness (QED) is 0.572. The third-order valence-electron chi connectivity index (χ3n) is 4.13. The Morgan fingerprint density at radius 2 is 1.88 bits per heavy atom. The predicted octanol–water partition coefficient (Wildman–Crippen LogP) is 3.14. The van der Waals surface area contributed by atoms with Crippen LogP contribution in [0.1, 0.15) is 21.8 Å². The van der Waals surface area contributed by atoms with Gasteiger partial charge in [0, 0.05) is 23.4 Å². The Labute approximate surface area is 147 Å². The maximum atomic E-state index is 11.9. The SMILES string of the molecule is NC(=O)c1ccc2oc(=O)cc(-c3ccc(Cc4ncco4)cc3)c2c1. The van der Waals surface area contributed by atoms with Crippen LogP contribution in [-0.2, 0) is 6.42 Å². The molecule has 4 rings (SSSR count). The van der Waals surface area contributed by atoms with Gasteiger partial charge in [-0.25, -0.2) is 9.78 Å². The smallest absolute Gasteiger partial charge is 0.336 e. The highest BCUT2D eigenvalue weighted by atomic mass is 16.4. The lowest BCUT2D eigenvalue weighted by atomic mass is 9.99. The Hall–Kier alpha value is -3.67. The summed E-state index contributed by atoms with van der Waals surface area (Å²) in [5.41, 5.74) is 8.21. The van der Waals surface area contributed by atoms with E-state index in [1.807, 2.05) is 24.3 Å². The van der Waals surface area contributed by atoms with Crippen LogP contribution >= 0.6 is 0 Å². The fourth-order valence-electron chi connectivity index (χ4n) is 2.87. The first-order chi connectivity index (χ1) is 12.6. The maximum Gasteiger partial charge on any atom is 0.336 e. The summed E-state index contributed by atoms with van der Waals surface area (Å²) in [6.07, 6.45) is 3.72. The molecule has 0 aliphatic heterocycles. The number of primary amides is 1. The summed E-state index contributed by atoms with van der Waals surface area (Å²) in [7, 11) is 0. The molecule has 0 atom stereocenters. The highest BCUT2D eigenvalue weighted by molar-refractivity contribution is 6.00. The van der Waals surface area contributed by atoms with E-state index in [1.165, 1.54) is 18.4 Å². The summed E-state index contributed by atoms with van der Waals surface area (Å²) >= 11 is 0. The molecule has 128 valence electrons. The van der Waals surface area contributed by atoms with Crippen molar-refractivity contribution in [2.45, 2.75) is 6.42 Å². The molecule has 0 aliphatic carbocycles. The number of aromatic nitrogens is 1. The van der Waals surface area contributed by atoms with Gasteiger partial charge in [0.05, 0.1) is 6.20 Å². The Bertz CT molecular complexity index is 1140. The van der Waals surface area contributed by atoms with E-state index in [0.29, 0.717) is 34.4 Å². The van der Waals surface area contributed by atoms with Gasteiger partial charge in [-0.15, -0.1) is 0 Å². The lowest BCUT2D eigenvalue weighted by molar-refractivity contribution is 0.100. The van der Waals surface area contributed by atoms with Crippen LogP contribution in [0.4, 0.5) is 0 Å². The molecule has 0 radical (unpaired) electrons. The third kappa shape index (κ3) is 3.00. The van der Waals surface area contributed by atoms with Crippen molar-refractivity contribution in [3.05, 3.63) is 88.4 Å². The number of oxazole rings is 1. The first-order valence-electron chi connectivity index (χ1n) is 7.95. The van der Waals surface area contributed by atoms with Crippen molar-refractivity contribution >= 4 is 16.9 Å². The van der Waals surface area contributed by atoms with Gasteiger partial charge in [0.1, 0.15) is 11.8 Å². The molecule has 0 bridgehead atoms. The van der Waals surface area contributed by atoms with E-state index in [-0.39, 0.29) is 0 Å². The summed E-state index contributed by atoms with van der Waals surface area (Å²) in [4.78, 5) is 27.5. The zero-order valence-corrected chi connectivity index (χ0v) is 13.6. The van der Waals surface area contributed by atoms with Crippen LogP contribution < -0.4 is 11.4 Å². The lowest BCUT2D eigenvalue weighted by Gasteiger charge is -2.08. The molecule has 2 heterocycles. The molecule has 2 aromatic heterocycles. The number of carbonyl (C=O) groups is 1. The zero-order chi connectivity index (χ0) is 18.1. The monoisotopic (exact) mass is 346 g/mol. The van der Waals surface area contributed by atoms with Crippen molar-refractivity contribution in [3.63, 3.8) is 0 Å². The molecule has 0 saturated heterocycles. The fraction of sp³-hybridized carbons (Fsp3) is 0.0500. The molecule has 6 heteroatoms. The van der Waals surface area contributed by atoms with Gasteiger partial charge in [-0.3, -0.25) is 4.79 Å². The van der Waals surface area contributed by atoms with E-state index in [0.717, 1.165) is 11.1 Å². The Kier molecular flexibility index (Phi) is 3.85. The summed E-state index contributed by atoms with van der Waals surface area (Å²) < 4.78 is 10.5. The first-order valence-corrected chi connectivity index (χ1v) is 7.95. The Balaban J connectivity index is 1.78. The van der Waals surface area contributed by atoms with Gasteiger partial charge in [-0.1, -0.05) is 24.3 Å². The number of nitrogens with zero attached hydrogens (tertiary/aromatic N) is 1. The van der Waals surface area contributed by atoms with Crippen molar-refractivity contribution in [3.8, 4) is 11.1 Å². The molecule has 4 aromatic rings. The highest BCUT2D eigenvalue weighted by Gasteiger charge is 2.11. The largest absolute Gasteiger partial charge is 0.449 e. The van der Waals surface area contributed by atoms with Gasteiger partial charge in [0.15, 0.2) is 5.89 Å². The van der Waals surface area contributed by atoms with Gasteiger partial charge in [-0.2, -0.15) is 0 Å². The number of fused-ring (bicyclic) bond motifs is 1. The number of hydrogen-bond acceptors (Lipinski definition) is 5. The van der Waals surface area contributed by atoms with Crippen molar-refractivity contribution in [2.24, 2.45) is 5.73 Å². The van der Waals surface area contributed by atoms with Crippen LogP contribution in [0.5, 0.6) is 0 Å². The third-order valence-corrected chi connectivity index (χ3v) is 4.13. The molecule has 26 heavy (non-hydrogen) atoms. The number of nitrogens with two attached hydrogens (primary N) is 1. The molecule has 2 N–H and O–H groups in total. The first kappa shape index (κ1) is 15.8. The Morgan fingerprint density at radius 1 is 1.08 bits per heavy atom. The van der Waals surface area contributed by atoms with E-state index < -0.39 is 11.5 Å². The normalized spacial score (nSPS) is 10.9. The standard InChI is InChI=1S/C20H14N2O4/c21-20(24)14-5-6-17-16(10-14)15(11-19(23)26-17)13-3-1-12(2-4-13)9-18-22-7-8-25-18/h1-8,10-11H,9H2,(H2,21,24). The van der Waals surface area contributed by atoms with Crippen molar-refractivity contribution in [1.29, 1.82) is 0 Å². The van der Waals surface area contributed by atoms with Crippen LogP contribution in [0, 0.1) is 0 Å². The molecule has 0 unspecified atom stereocenters. The summed E-state index contributed by atoms with van der Waals surface area (Å²) in [5, 5.41) is 0.654. The minimum atomic E-state index is -0.537. The van der Waals surface area contributed by atoms with Crippen LogP contribution in [0.15, 0.2) is 74.6 Å². The summed E-state index contributed by atoms with van der Waals surface area (Å²) in [5.74, 6) is 0.0972. The number of rotatable bonds is 4. The zero-order valence-electron chi connectivity index (χ0n) is 13.6. The molecular formula is C20H14N2O4. The van der Waals surface area contributed by atoms with E-state index >= 15 is 0 Å². The Morgan fingerprint density at radius 3 is 2.58 bits per heavy atom. The lowest BCUT2D eigenvalue weighted by Crippen LogP contribution is -2.10. The summed E-state index contributed by atoms with van der Waals surface area (Å²) in [6.45, 7) is 0. The number of hydrogen-bond donors (Lipinski definition) is 1. The van der Waals surface area contributed by atoms with E-state index in [4.69, 9.17) is 14.6 Å². The molecule has 2 aromatic carbocycles. The van der Waals surface area contributed by atoms with Crippen molar-refractivity contribution in [2.75, 3.05) is 0 Å². The summed E-state index contributed by atoms with van der Waals surface area (Å²) in [6, 6.07) is 13.9. The average molecular weight is 346 g/mol. The van der Waals surface area contributed by atoms with Crippen LogP contribution in [0.25, 0.3) is 22.1 Å². The van der Waals surface area contributed by atoms with Crippen molar-refractivity contribution in [1.82, 2.24) is 4.98 Å². The second-order valence-electron chi connectivity index (χ2n) is 5.85. The van der Waals surface area contributed by atoms with E-state index in [9.17, 15) is 9.59 Å². The molecule has 6 nitrogen and oxygen atoms in total. The van der Waals surface area contributed by atoms with Crippen LogP contribution in [0.2, 0.25) is 0 Å². The highest BCUT2D eigenvalue weighted by Crippen LogP contribution is 2.28. The second kappa shape index (κ2) is 6.33. The van der Waals surface area contributed by atoms with Gasteiger partial charge < -0.3 is 14.6 Å². The van der Waals surface area contributed by atoms with Crippen molar-refractivity contribution < 1.29 is 13.6 Å². The minimum absolute atomic E-state index is 0.355. The van der Waals surface area contributed by atoms with Crippen LogP contribution in [0.3, 0.4) is 0 Å². The second-order valence-corrected chi connectivity index (χ2v) is 5.85. The van der Waals surface area contributed by atoms with Gasteiger partial charge in [-0.05, 0) is 34.9 Å². The van der Waals surface area contributed by atoms with Gasteiger partial charge in [0.2, 0.25) is 5.91 Å². The van der Waals surface area contributed by atoms with E-state index in [1.54, 1.807) is 18.3 Å². The van der Waals surface area contributed by atoms with Gasteiger partial charge in [0.25, 0.3) is 0 Å². The number of amides is 1. The van der Waals surface area contributed by atoms with Crippen LogP contribution in [-0.4, -0.2) is 10.9 Å². The molecule has 0 saturated carbocycles. The molecule has 1 amide bonds. The number of benzene rings is 2. The fourth-order valence-corrected chi connectivity index (χ4v) is 2.87. The molecular weight excluding hydrogens is 332 g/mol.